The van der Waals surface area contributed by atoms with E-state index < -0.39 is 0 Å². The third kappa shape index (κ3) is 11.3. The van der Waals surface area contributed by atoms with Crippen LogP contribution < -0.4 is 24.8 Å². The van der Waals surface area contributed by atoms with Crippen LogP contribution in [0.2, 0.25) is 0 Å². The molecular weight excluding hydrogens is 185 g/mol. The molecule has 0 aliphatic rings. The number of pyridine rings is 1. The summed E-state index contributed by atoms with van der Waals surface area (Å²) >= 11 is 0. The van der Waals surface area contributed by atoms with E-state index in [1.54, 1.807) is 12.4 Å². The number of aromatic nitrogens is 1. The van der Waals surface area contributed by atoms with Gasteiger partial charge in [0.15, 0.2) is 0 Å². The first-order chi connectivity index (χ1) is 3.00. The Morgan fingerprint density at radius 1 is 0.800 bits per heavy atom. The minimum absolute atomic E-state index is 0. The van der Waals surface area contributed by atoms with Gasteiger partial charge in [0.1, 0.15) is 0 Å². The number of nitrogens with zero attached hydrogens (tertiary/aromatic N) is 1. The first-order valence-corrected chi connectivity index (χ1v) is 1.85. The van der Waals surface area contributed by atoms with E-state index in [-0.39, 0.29) is 53.3 Å². The third-order valence-corrected chi connectivity index (χ3v) is 0.566. The number of rotatable bonds is 0. The van der Waals surface area contributed by atoms with E-state index >= 15 is 0 Å². The molecule has 0 aliphatic carbocycles. The smallest absolute Gasteiger partial charge is 1.00 e. The standard InChI is InChI=1S/C5H5N.2ClH.Mg.H2O/c1-2-4-6-5-3-1;;;;/h1-5H;2*1H;;1H2/q;;;+2;/p-2. The van der Waals surface area contributed by atoms with Gasteiger partial charge in [-0.25, -0.2) is 0 Å². The van der Waals surface area contributed by atoms with Gasteiger partial charge in [0.25, 0.3) is 0 Å². The molecule has 10 heavy (non-hydrogen) atoms. The first kappa shape index (κ1) is 22.4. The van der Waals surface area contributed by atoms with E-state index in [2.05, 4.69) is 4.98 Å². The molecule has 0 bridgehead atoms. The first-order valence-electron chi connectivity index (χ1n) is 1.85. The van der Waals surface area contributed by atoms with Gasteiger partial charge in [-0.05, 0) is 12.1 Å². The molecule has 1 rings (SSSR count). The van der Waals surface area contributed by atoms with E-state index in [0.717, 1.165) is 0 Å². The van der Waals surface area contributed by atoms with Crippen LogP contribution in [0.3, 0.4) is 0 Å². The van der Waals surface area contributed by atoms with Crippen LogP contribution in [0.5, 0.6) is 0 Å². The van der Waals surface area contributed by atoms with Crippen molar-refractivity contribution in [3.05, 3.63) is 30.6 Å². The van der Waals surface area contributed by atoms with Crippen LogP contribution in [0.15, 0.2) is 30.6 Å². The maximum Gasteiger partial charge on any atom is 2.00 e. The van der Waals surface area contributed by atoms with Crippen LogP contribution in [-0.2, 0) is 0 Å². The van der Waals surface area contributed by atoms with Gasteiger partial charge in [0, 0.05) is 12.4 Å². The molecule has 0 unspecified atom stereocenters. The van der Waals surface area contributed by atoms with Crippen molar-refractivity contribution in [2.75, 3.05) is 0 Å². The molecule has 1 aromatic rings. The summed E-state index contributed by atoms with van der Waals surface area (Å²) in [6, 6.07) is 5.72. The topological polar surface area (TPSA) is 44.4 Å². The largest absolute Gasteiger partial charge is 2.00 e. The Labute approximate surface area is 88.7 Å². The summed E-state index contributed by atoms with van der Waals surface area (Å²) in [6.07, 6.45) is 3.50. The molecule has 5 heteroatoms. The second-order valence-electron chi connectivity index (χ2n) is 1.02. The Morgan fingerprint density at radius 3 is 1.30 bits per heavy atom. The van der Waals surface area contributed by atoms with Crippen LogP contribution in [-0.4, -0.2) is 33.5 Å². The van der Waals surface area contributed by atoms with Crippen molar-refractivity contribution in [2.45, 2.75) is 0 Å². The van der Waals surface area contributed by atoms with E-state index in [1.807, 2.05) is 18.2 Å². The van der Waals surface area contributed by atoms with Gasteiger partial charge < -0.3 is 30.3 Å². The average molecular weight is 192 g/mol. The number of halogens is 2. The van der Waals surface area contributed by atoms with Crippen molar-refractivity contribution in [1.82, 2.24) is 4.98 Å². The molecule has 0 radical (unpaired) electrons. The second kappa shape index (κ2) is 16.2. The van der Waals surface area contributed by atoms with Crippen molar-refractivity contribution in [3.8, 4) is 0 Å². The minimum atomic E-state index is 0. The Kier molecular flexibility index (Phi) is 36.4. The van der Waals surface area contributed by atoms with Gasteiger partial charge in [0.05, 0.1) is 0 Å². The molecule has 0 aromatic carbocycles. The quantitative estimate of drug-likeness (QED) is 0.377. The van der Waals surface area contributed by atoms with Gasteiger partial charge in [-0.3, -0.25) is 4.98 Å². The molecular formula is C5H7Cl2MgNO. The zero-order chi connectivity index (χ0) is 4.24. The summed E-state index contributed by atoms with van der Waals surface area (Å²) in [5, 5.41) is 0. The molecule has 0 aliphatic heterocycles. The summed E-state index contributed by atoms with van der Waals surface area (Å²) in [5.41, 5.74) is 0. The molecule has 1 heterocycles. The minimum Gasteiger partial charge on any atom is -1.00 e. The Morgan fingerprint density at radius 2 is 1.20 bits per heavy atom. The number of hydrogen-bond donors (Lipinski definition) is 0. The van der Waals surface area contributed by atoms with Crippen molar-refractivity contribution in [2.24, 2.45) is 0 Å². The summed E-state index contributed by atoms with van der Waals surface area (Å²) in [6.45, 7) is 0. The third-order valence-electron chi connectivity index (χ3n) is 0.566. The molecule has 1 aromatic heterocycles. The average Bonchev–Trinajstić information content (AvgIpc) is 1.72. The normalized spacial score (nSPS) is 4.80. The summed E-state index contributed by atoms with van der Waals surface area (Å²) < 4.78 is 0. The molecule has 2 N–H and O–H groups in total. The molecule has 54 valence electrons. The Bertz CT molecular complexity index is 91.6. The number of hydrogen-bond acceptors (Lipinski definition) is 1. The zero-order valence-corrected chi connectivity index (χ0v) is 8.22. The molecule has 0 saturated carbocycles. The van der Waals surface area contributed by atoms with Gasteiger partial charge >= 0.3 is 23.1 Å². The fraction of sp³-hybridized carbons (Fsp3) is 0. The Hall–Kier alpha value is 0.456. The van der Waals surface area contributed by atoms with Crippen molar-refractivity contribution >= 4 is 23.1 Å². The fourth-order valence-corrected chi connectivity index (χ4v) is 0.313. The van der Waals surface area contributed by atoms with Crippen LogP contribution in [0.1, 0.15) is 0 Å². The summed E-state index contributed by atoms with van der Waals surface area (Å²) in [5.74, 6) is 0. The van der Waals surface area contributed by atoms with Crippen LogP contribution in [0, 0.1) is 0 Å². The fourth-order valence-electron chi connectivity index (χ4n) is 0.313. The molecule has 0 saturated heterocycles. The monoisotopic (exact) mass is 191 g/mol. The van der Waals surface area contributed by atoms with Crippen molar-refractivity contribution in [1.29, 1.82) is 0 Å². The van der Waals surface area contributed by atoms with Crippen LogP contribution in [0.4, 0.5) is 0 Å². The predicted octanol–water partition coefficient (Wildman–Crippen LogP) is -6.12. The van der Waals surface area contributed by atoms with E-state index in [9.17, 15) is 0 Å². The maximum atomic E-state index is 3.78. The van der Waals surface area contributed by atoms with Gasteiger partial charge in [0.2, 0.25) is 0 Å². The molecule has 0 atom stereocenters. The molecule has 0 fully saturated rings. The van der Waals surface area contributed by atoms with Crippen molar-refractivity contribution < 1.29 is 30.3 Å². The van der Waals surface area contributed by atoms with E-state index in [1.165, 1.54) is 0 Å². The van der Waals surface area contributed by atoms with Gasteiger partial charge in [-0.1, -0.05) is 6.07 Å². The Balaban J connectivity index is -0.0000000450. The second-order valence-corrected chi connectivity index (χ2v) is 1.02. The zero-order valence-electron chi connectivity index (χ0n) is 5.30. The molecule has 0 amide bonds. The molecule has 0 spiro atoms. The summed E-state index contributed by atoms with van der Waals surface area (Å²) in [4.78, 5) is 3.78. The van der Waals surface area contributed by atoms with Crippen LogP contribution in [0.25, 0.3) is 0 Å². The van der Waals surface area contributed by atoms with Crippen molar-refractivity contribution in [3.63, 3.8) is 0 Å². The van der Waals surface area contributed by atoms with E-state index in [4.69, 9.17) is 0 Å². The van der Waals surface area contributed by atoms with Gasteiger partial charge in [-0.2, -0.15) is 0 Å². The molecule has 2 nitrogen and oxygen atoms in total. The maximum absolute atomic E-state index is 3.78. The van der Waals surface area contributed by atoms with E-state index in [0.29, 0.717) is 0 Å². The predicted molar refractivity (Wildman–Crippen MR) is 33.6 cm³/mol. The van der Waals surface area contributed by atoms with Gasteiger partial charge in [-0.15, -0.1) is 0 Å². The SMILES string of the molecule is O.[Cl-].[Cl-].[Mg+2].c1ccncc1. The van der Waals surface area contributed by atoms with Crippen LogP contribution >= 0.6 is 0 Å². The summed E-state index contributed by atoms with van der Waals surface area (Å²) in [7, 11) is 0.